The van der Waals surface area contributed by atoms with Crippen molar-refractivity contribution in [3.05, 3.63) is 28.9 Å². The molecule has 1 aromatic carbocycles. The number of H-pyrrole nitrogens is 1. The molecule has 0 aliphatic rings. The van der Waals surface area contributed by atoms with E-state index in [0.717, 1.165) is 5.39 Å². The Labute approximate surface area is 171 Å². The predicted octanol–water partition coefficient (Wildman–Crippen LogP) is 4.61. The maximum Gasteiger partial charge on any atom is 0.328 e. The van der Waals surface area contributed by atoms with Crippen molar-refractivity contribution in [2.75, 3.05) is 7.11 Å². The van der Waals surface area contributed by atoms with Gasteiger partial charge in [-0.3, -0.25) is 4.79 Å². The highest BCUT2D eigenvalue weighted by atomic mass is 35.5. The van der Waals surface area contributed by atoms with E-state index in [-0.39, 0.29) is 5.91 Å². The van der Waals surface area contributed by atoms with E-state index in [1.807, 2.05) is 20.8 Å². The summed E-state index contributed by atoms with van der Waals surface area (Å²) in [7, 11) is -0.0974. The first kappa shape index (κ1) is 22.3. The van der Waals surface area contributed by atoms with Gasteiger partial charge in [0, 0.05) is 18.5 Å². The van der Waals surface area contributed by atoms with Gasteiger partial charge in [0.25, 0.3) is 5.91 Å². The topological polar surface area (TPSA) is 80.4 Å². The summed E-state index contributed by atoms with van der Waals surface area (Å²) in [6, 6.07) is 5.00. The molecule has 8 heteroatoms. The Hall–Kier alpha value is -1.99. The second kappa shape index (κ2) is 8.17. The van der Waals surface area contributed by atoms with Gasteiger partial charge in [0.15, 0.2) is 0 Å². The molecule has 1 unspecified atom stereocenters. The van der Waals surface area contributed by atoms with E-state index in [1.165, 1.54) is 0 Å². The monoisotopic (exact) mass is 424 g/mol. The van der Waals surface area contributed by atoms with Gasteiger partial charge < -0.3 is 19.8 Å². The lowest BCUT2D eigenvalue weighted by atomic mass is 10.2. The Morgan fingerprint density at radius 3 is 2.39 bits per heavy atom. The lowest BCUT2D eigenvalue weighted by Crippen LogP contribution is -2.47. The summed E-state index contributed by atoms with van der Waals surface area (Å²) in [6.45, 7) is 11.9. The first-order valence-corrected chi connectivity index (χ1v) is 13.3. The number of fused-ring (bicyclic) bond motifs is 1. The number of methoxy groups -OCH3 is 1. The number of hydrogen-bond donors (Lipinski definition) is 2. The number of carbonyl (C=O) groups is 2. The molecule has 0 bridgehead atoms. The van der Waals surface area contributed by atoms with Crippen molar-refractivity contribution < 1.29 is 19.1 Å². The molecular weight excluding hydrogens is 396 g/mol. The highest BCUT2D eigenvalue weighted by Gasteiger charge is 2.31. The standard InChI is InChI=1S/C20H29ClN2O4Si/c1-20(2,3)27-19(25)16(11-28(5,6)7)23-18(24)15-10-13-14(22-15)8-12(21)9-17(13)26-4/h8-10,16,22H,11H2,1-7H3,(H,23,24). The largest absolute Gasteiger partial charge is 0.496 e. The van der Waals surface area contributed by atoms with Gasteiger partial charge in [0.2, 0.25) is 0 Å². The molecule has 0 aliphatic carbocycles. The maximum absolute atomic E-state index is 12.9. The third kappa shape index (κ3) is 6.00. The molecule has 2 aromatic rings. The summed E-state index contributed by atoms with van der Waals surface area (Å²) in [5.41, 5.74) is 0.401. The van der Waals surface area contributed by atoms with Gasteiger partial charge in [-0.2, -0.15) is 0 Å². The van der Waals surface area contributed by atoms with Crippen LogP contribution in [0.1, 0.15) is 31.3 Å². The lowest BCUT2D eigenvalue weighted by Gasteiger charge is -2.28. The molecule has 0 saturated carbocycles. The molecule has 2 rings (SSSR count). The van der Waals surface area contributed by atoms with Crippen molar-refractivity contribution in [2.24, 2.45) is 0 Å². The number of benzene rings is 1. The van der Waals surface area contributed by atoms with Gasteiger partial charge >= 0.3 is 5.97 Å². The van der Waals surface area contributed by atoms with Crippen LogP contribution in [0.25, 0.3) is 10.9 Å². The fraction of sp³-hybridized carbons (Fsp3) is 0.500. The normalized spacial score (nSPS) is 13.3. The van der Waals surface area contributed by atoms with E-state index < -0.39 is 25.7 Å². The first-order valence-electron chi connectivity index (χ1n) is 9.19. The van der Waals surface area contributed by atoms with Crippen LogP contribution >= 0.6 is 11.6 Å². The van der Waals surface area contributed by atoms with Gasteiger partial charge in [-0.25, -0.2) is 4.79 Å². The molecule has 2 N–H and O–H groups in total. The molecule has 154 valence electrons. The quantitative estimate of drug-likeness (QED) is 0.524. The van der Waals surface area contributed by atoms with Crippen LogP contribution in [0.2, 0.25) is 30.7 Å². The number of rotatable bonds is 6. The van der Waals surface area contributed by atoms with E-state index in [1.54, 1.807) is 25.3 Å². The van der Waals surface area contributed by atoms with Crippen LogP contribution < -0.4 is 10.1 Å². The van der Waals surface area contributed by atoms with Crippen LogP contribution in [0.3, 0.4) is 0 Å². The zero-order valence-electron chi connectivity index (χ0n) is 17.5. The van der Waals surface area contributed by atoms with Crippen LogP contribution in [0, 0.1) is 0 Å². The molecule has 28 heavy (non-hydrogen) atoms. The van der Waals surface area contributed by atoms with E-state index >= 15 is 0 Å². The summed E-state index contributed by atoms with van der Waals surface area (Å²) in [4.78, 5) is 28.6. The smallest absolute Gasteiger partial charge is 0.328 e. The van der Waals surface area contributed by atoms with Crippen molar-refractivity contribution >= 4 is 42.5 Å². The van der Waals surface area contributed by atoms with E-state index in [2.05, 4.69) is 29.9 Å². The maximum atomic E-state index is 12.9. The van der Waals surface area contributed by atoms with Crippen molar-refractivity contribution in [1.29, 1.82) is 0 Å². The average Bonchev–Trinajstić information content (AvgIpc) is 2.94. The van der Waals surface area contributed by atoms with Crippen LogP contribution in [0.5, 0.6) is 5.75 Å². The molecular formula is C20H29ClN2O4Si. The number of nitrogens with one attached hydrogen (secondary N) is 2. The minimum Gasteiger partial charge on any atom is -0.496 e. The van der Waals surface area contributed by atoms with Crippen molar-refractivity contribution in [3.63, 3.8) is 0 Å². The second-order valence-corrected chi connectivity index (χ2v) is 15.0. The van der Waals surface area contributed by atoms with Crippen molar-refractivity contribution in [3.8, 4) is 5.75 Å². The lowest BCUT2D eigenvalue weighted by molar-refractivity contribution is -0.156. The number of aromatic amines is 1. The number of aromatic nitrogens is 1. The molecule has 0 fully saturated rings. The minimum atomic E-state index is -1.64. The fourth-order valence-electron chi connectivity index (χ4n) is 2.88. The highest BCUT2D eigenvalue weighted by molar-refractivity contribution is 6.76. The molecule has 0 spiro atoms. The molecule has 1 aromatic heterocycles. The number of hydrogen-bond acceptors (Lipinski definition) is 4. The average molecular weight is 425 g/mol. The molecule has 0 saturated heterocycles. The Morgan fingerprint density at radius 2 is 1.86 bits per heavy atom. The SMILES string of the molecule is COc1cc(Cl)cc2[nH]c(C(=O)NC(C[Si](C)(C)C)C(=O)OC(C)(C)C)cc12. The van der Waals surface area contributed by atoms with E-state index in [9.17, 15) is 9.59 Å². The highest BCUT2D eigenvalue weighted by Crippen LogP contribution is 2.30. The molecule has 1 heterocycles. The third-order valence-corrected chi connectivity index (χ3v) is 5.79. The Balaban J connectivity index is 2.29. The van der Waals surface area contributed by atoms with Crippen molar-refractivity contribution in [1.82, 2.24) is 10.3 Å². The van der Waals surface area contributed by atoms with Crippen LogP contribution in [-0.2, 0) is 9.53 Å². The van der Waals surface area contributed by atoms with Gasteiger partial charge in [-0.1, -0.05) is 31.2 Å². The molecule has 0 aliphatic heterocycles. The zero-order valence-corrected chi connectivity index (χ0v) is 19.3. The summed E-state index contributed by atoms with van der Waals surface area (Å²) in [5, 5.41) is 4.09. The summed E-state index contributed by atoms with van der Waals surface area (Å²) in [6.07, 6.45) is 0. The number of amides is 1. The minimum absolute atomic E-state index is 0.333. The Morgan fingerprint density at radius 1 is 1.21 bits per heavy atom. The van der Waals surface area contributed by atoms with Crippen molar-refractivity contribution in [2.45, 2.75) is 58.1 Å². The molecule has 1 atom stereocenters. The summed E-state index contributed by atoms with van der Waals surface area (Å²) in [5.74, 6) is -0.216. The Kier molecular flexibility index (Phi) is 6.50. The molecule has 1 amide bonds. The molecule has 0 radical (unpaired) electrons. The van der Waals surface area contributed by atoms with Gasteiger partial charge in [0.1, 0.15) is 23.1 Å². The second-order valence-electron chi connectivity index (χ2n) is 9.08. The van der Waals surface area contributed by atoms with Gasteiger partial charge in [-0.15, -0.1) is 0 Å². The summed E-state index contributed by atoms with van der Waals surface area (Å²) >= 11 is 6.09. The number of halogens is 1. The predicted molar refractivity (Wildman–Crippen MR) is 115 cm³/mol. The van der Waals surface area contributed by atoms with Crippen LogP contribution in [0.4, 0.5) is 0 Å². The summed E-state index contributed by atoms with van der Waals surface area (Å²) < 4.78 is 10.9. The molecule has 6 nitrogen and oxygen atoms in total. The van der Waals surface area contributed by atoms with Crippen LogP contribution in [0.15, 0.2) is 18.2 Å². The number of ether oxygens (including phenoxy) is 2. The van der Waals surface area contributed by atoms with E-state index in [0.29, 0.717) is 28.0 Å². The Bertz CT molecular complexity index is 881. The fourth-order valence-corrected chi connectivity index (χ4v) is 4.58. The van der Waals surface area contributed by atoms with Gasteiger partial charge in [-0.05, 0) is 45.0 Å². The van der Waals surface area contributed by atoms with Crippen LogP contribution in [-0.4, -0.2) is 43.7 Å². The number of carbonyl (C=O) groups excluding carboxylic acids is 2. The third-order valence-electron chi connectivity index (χ3n) is 3.94. The number of esters is 1. The van der Waals surface area contributed by atoms with Gasteiger partial charge in [0.05, 0.1) is 12.6 Å². The van der Waals surface area contributed by atoms with E-state index in [4.69, 9.17) is 21.1 Å². The zero-order chi connectivity index (χ0) is 21.3. The first-order chi connectivity index (χ1) is 12.8.